The molecule has 0 spiro atoms. The third-order valence-electron chi connectivity index (χ3n) is 2.20. The van der Waals surface area contributed by atoms with Gasteiger partial charge in [-0.15, -0.1) is 11.8 Å². The molecule has 0 aromatic heterocycles. The number of primary amides is 1. The van der Waals surface area contributed by atoms with Crippen LogP contribution in [-0.2, 0) is 19.2 Å². The largest absolute Gasteiger partial charge is 0.480 e. The van der Waals surface area contributed by atoms with Crippen molar-refractivity contribution >= 4 is 35.5 Å². The number of carbonyl (C=O) groups excluding carboxylic acids is 3. The molecule has 1 atom stereocenters. The maximum absolute atomic E-state index is 11.5. The SMILES string of the molecule is NC(=O)CC(NC(=O)CN1CSCC1=O)C(=O)O. The first-order valence-corrected chi connectivity index (χ1v) is 6.21. The lowest BCUT2D eigenvalue weighted by molar-refractivity contribution is -0.143. The highest BCUT2D eigenvalue weighted by Gasteiger charge is 2.26. The molecular weight excluding hydrogens is 262 g/mol. The second kappa shape index (κ2) is 6.24. The van der Waals surface area contributed by atoms with Gasteiger partial charge in [0, 0.05) is 0 Å². The van der Waals surface area contributed by atoms with E-state index in [1.807, 2.05) is 0 Å². The van der Waals surface area contributed by atoms with E-state index in [4.69, 9.17) is 10.8 Å². The van der Waals surface area contributed by atoms with Gasteiger partial charge >= 0.3 is 5.97 Å². The number of aliphatic carboxylic acids is 1. The first-order chi connectivity index (χ1) is 8.40. The average Bonchev–Trinajstić information content (AvgIpc) is 2.62. The number of thioether (sulfide) groups is 1. The molecule has 4 N–H and O–H groups in total. The van der Waals surface area contributed by atoms with Crippen LogP contribution in [-0.4, -0.2) is 57.9 Å². The van der Waals surface area contributed by atoms with Gasteiger partial charge in [-0.1, -0.05) is 0 Å². The fraction of sp³-hybridized carbons (Fsp3) is 0.556. The number of carbonyl (C=O) groups is 4. The predicted octanol–water partition coefficient (Wildman–Crippen LogP) is -2.04. The summed E-state index contributed by atoms with van der Waals surface area (Å²) in [6, 6.07) is -1.36. The number of nitrogens with two attached hydrogens (primary N) is 1. The maximum atomic E-state index is 11.5. The second-order valence-corrected chi connectivity index (χ2v) is 4.65. The first kappa shape index (κ1) is 14.3. The Labute approximate surface area is 107 Å². The van der Waals surface area contributed by atoms with Crippen LogP contribution in [0.15, 0.2) is 0 Å². The van der Waals surface area contributed by atoms with Gasteiger partial charge in [-0.25, -0.2) is 4.79 Å². The van der Waals surface area contributed by atoms with Crippen molar-refractivity contribution in [3.05, 3.63) is 0 Å². The van der Waals surface area contributed by atoms with Gasteiger partial charge in [-0.3, -0.25) is 14.4 Å². The number of amides is 3. The van der Waals surface area contributed by atoms with Gasteiger partial charge in [-0.2, -0.15) is 0 Å². The Morgan fingerprint density at radius 3 is 2.61 bits per heavy atom. The van der Waals surface area contributed by atoms with Crippen LogP contribution in [0.4, 0.5) is 0 Å². The molecule has 0 bridgehead atoms. The Morgan fingerprint density at radius 2 is 2.17 bits per heavy atom. The molecular formula is C9H13N3O5S. The van der Waals surface area contributed by atoms with E-state index in [2.05, 4.69) is 5.32 Å². The molecule has 18 heavy (non-hydrogen) atoms. The van der Waals surface area contributed by atoms with E-state index in [0.717, 1.165) is 0 Å². The van der Waals surface area contributed by atoms with Gasteiger partial charge in [0.1, 0.15) is 12.6 Å². The van der Waals surface area contributed by atoms with Gasteiger partial charge in [0.05, 0.1) is 18.1 Å². The number of nitrogens with one attached hydrogen (secondary N) is 1. The van der Waals surface area contributed by atoms with Crippen molar-refractivity contribution in [2.45, 2.75) is 12.5 Å². The molecule has 1 aliphatic heterocycles. The van der Waals surface area contributed by atoms with E-state index in [1.54, 1.807) is 0 Å². The molecule has 100 valence electrons. The van der Waals surface area contributed by atoms with Gasteiger partial charge < -0.3 is 21.1 Å². The number of carboxylic acids is 1. The highest BCUT2D eigenvalue weighted by molar-refractivity contribution is 8.00. The van der Waals surface area contributed by atoms with Crippen molar-refractivity contribution < 1.29 is 24.3 Å². The summed E-state index contributed by atoms with van der Waals surface area (Å²) in [4.78, 5) is 45.5. The van der Waals surface area contributed by atoms with Gasteiger partial charge in [0.25, 0.3) is 0 Å². The van der Waals surface area contributed by atoms with E-state index < -0.39 is 30.2 Å². The zero-order valence-electron chi connectivity index (χ0n) is 9.42. The monoisotopic (exact) mass is 275 g/mol. The van der Waals surface area contributed by atoms with Crippen LogP contribution in [0, 0.1) is 0 Å². The summed E-state index contributed by atoms with van der Waals surface area (Å²) < 4.78 is 0. The minimum absolute atomic E-state index is 0.170. The first-order valence-electron chi connectivity index (χ1n) is 5.06. The van der Waals surface area contributed by atoms with Crippen molar-refractivity contribution in [3.63, 3.8) is 0 Å². The fourth-order valence-electron chi connectivity index (χ4n) is 1.35. The molecule has 8 nitrogen and oxygen atoms in total. The van der Waals surface area contributed by atoms with E-state index in [1.165, 1.54) is 16.7 Å². The zero-order chi connectivity index (χ0) is 13.7. The van der Waals surface area contributed by atoms with Crippen LogP contribution >= 0.6 is 11.8 Å². The number of hydrogen-bond donors (Lipinski definition) is 3. The van der Waals surface area contributed by atoms with E-state index in [-0.39, 0.29) is 12.5 Å². The van der Waals surface area contributed by atoms with E-state index in [9.17, 15) is 19.2 Å². The van der Waals surface area contributed by atoms with Crippen LogP contribution in [0.1, 0.15) is 6.42 Å². The molecule has 9 heteroatoms. The number of hydrogen-bond acceptors (Lipinski definition) is 5. The lowest BCUT2D eigenvalue weighted by Crippen LogP contribution is -2.47. The third-order valence-corrected chi connectivity index (χ3v) is 3.14. The smallest absolute Gasteiger partial charge is 0.326 e. The summed E-state index contributed by atoms with van der Waals surface area (Å²) in [5.74, 6) is -2.24. The molecule has 3 amide bonds. The molecule has 0 saturated carbocycles. The molecule has 1 saturated heterocycles. The standard InChI is InChI=1S/C9H13N3O5S/c10-6(13)1-5(9(16)17)11-7(14)2-12-4-18-3-8(12)15/h5H,1-4H2,(H2,10,13)(H,11,14)(H,16,17). The quantitative estimate of drug-likeness (QED) is 0.512. The van der Waals surface area contributed by atoms with Crippen molar-refractivity contribution in [2.75, 3.05) is 18.2 Å². The average molecular weight is 275 g/mol. The Hall–Kier alpha value is -1.77. The van der Waals surface area contributed by atoms with Crippen molar-refractivity contribution in [2.24, 2.45) is 5.73 Å². The molecule has 0 aromatic rings. The summed E-state index contributed by atoms with van der Waals surface area (Å²) in [7, 11) is 0. The lowest BCUT2D eigenvalue weighted by Gasteiger charge is -2.17. The van der Waals surface area contributed by atoms with Crippen LogP contribution in [0.2, 0.25) is 0 Å². The Bertz CT molecular complexity index is 386. The molecule has 1 aliphatic rings. The highest BCUT2D eigenvalue weighted by atomic mass is 32.2. The minimum atomic E-state index is -1.36. The Kier molecular flexibility index (Phi) is 4.95. The maximum Gasteiger partial charge on any atom is 0.326 e. The summed E-state index contributed by atoms with van der Waals surface area (Å²) in [5, 5.41) is 10.9. The number of carboxylic acid groups (broad SMARTS) is 1. The molecule has 1 rings (SSSR count). The topological polar surface area (TPSA) is 130 Å². The van der Waals surface area contributed by atoms with Gasteiger partial charge in [0.2, 0.25) is 17.7 Å². The zero-order valence-corrected chi connectivity index (χ0v) is 10.2. The summed E-state index contributed by atoms with van der Waals surface area (Å²) in [5.41, 5.74) is 4.87. The third kappa shape index (κ3) is 4.24. The van der Waals surface area contributed by atoms with Crippen molar-refractivity contribution in [1.29, 1.82) is 0 Å². The van der Waals surface area contributed by atoms with Gasteiger partial charge in [-0.05, 0) is 0 Å². The normalized spacial score (nSPS) is 16.4. The minimum Gasteiger partial charge on any atom is -0.480 e. The number of nitrogens with zero attached hydrogens (tertiary/aromatic N) is 1. The van der Waals surface area contributed by atoms with E-state index in [0.29, 0.717) is 11.6 Å². The van der Waals surface area contributed by atoms with Crippen LogP contribution in [0.25, 0.3) is 0 Å². The molecule has 0 radical (unpaired) electrons. The summed E-state index contributed by atoms with van der Waals surface area (Å²) >= 11 is 1.37. The van der Waals surface area contributed by atoms with Gasteiger partial charge in [0.15, 0.2) is 0 Å². The van der Waals surface area contributed by atoms with Crippen molar-refractivity contribution in [3.8, 4) is 0 Å². The van der Waals surface area contributed by atoms with Crippen LogP contribution in [0.5, 0.6) is 0 Å². The van der Waals surface area contributed by atoms with E-state index >= 15 is 0 Å². The molecule has 0 aromatic carbocycles. The molecule has 1 fully saturated rings. The molecule has 1 heterocycles. The lowest BCUT2D eigenvalue weighted by atomic mass is 10.2. The predicted molar refractivity (Wildman–Crippen MR) is 62.4 cm³/mol. The second-order valence-electron chi connectivity index (χ2n) is 3.70. The highest BCUT2D eigenvalue weighted by Crippen LogP contribution is 2.13. The summed E-state index contributed by atoms with van der Waals surface area (Å²) in [6.45, 7) is -0.214. The summed E-state index contributed by atoms with van der Waals surface area (Å²) in [6.07, 6.45) is -0.482. The fourth-order valence-corrected chi connectivity index (χ4v) is 2.26. The molecule has 1 unspecified atom stereocenters. The Balaban J connectivity index is 2.48. The Morgan fingerprint density at radius 1 is 1.50 bits per heavy atom. The molecule has 0 aliphatic carbocycles. The van der Waals surface area contributed by atoms with Crippen LogP contribution < -0.4 is 11.1 Å². The van der Waals surface area contributed by atoms with Crippen LogP contribution in [0.3, 0.4) is 0 Å². The number of rotatable bonds is 6. The van der Waals surface area contributed by atoms with Crippen molar-refractivity contribution in [1.82, 2.24) is 10.2 Å².